The van der Waals surface area contributed by atoms with E-state index in [1.54, 1.807) is 159 Å². The van der Waals surface area contributed by atoms with Crippen molar-refractivity contribution < 1.29 is 115 Å². The van der Waals surface area contributed by atoms with Gasteiger partial charge in [0.05, 0.1) is 16.7 Å². The van der Waals surface area contributed by atoms with Crippen LogP contribution in [0, 0.1) is 91.5 Å². The van der Waals surface area contributed by atoms with E-state index in [1.165, 1.54) is 43.7 Å². The first-order valence-electron chi connectivity index (χ1n) is 56.7. The van der Waals surface area contributed by atoms with E-state index in [0.29, 0.717) is 122 Å². The number of furan rings is 3. The molecule has 3 radical (unpaired) electrons. The number of nitrogens with zero attached hydrogens (tertiary/aromatic N) is 9. The average molecular weight is 2300 g/mol. The number of aryl methyl sites for hydroxylation is 8. The van der Waals surface area contributed by atoms with Gasteiger partial charge in [-0.3, -0.25) is 0 Å². The minimum Gasteiger partial charge on any atom is -0.486 e. The second-order valence-electron chi connectivity index (χ2n) is 32.5. The Morgan fingerprint density at radius 2 is 0.656 bits per heavy atom. The molecule has 0 saturated carbocycles. The Bertz CT molecular complexity index is 8030. The molecule has 681 valence electrons. The van der Waals surface area contributed by atoms with E-state index in [2.05, 4.69) is 81.3 Å². The third kappa shape index (κ3) is 23.6. The molecule has 18 rings (SSSR count). The predicted molar refractivity (Wildman–Crippen MR) is 531 cm³/mol. The standard InChI is InChI=1S/2C27H31N2O.C26H29N2O.C13H12N.C12H10N.C11H8N.3Ir/c2*1-14(2)19-9-10-20(23-11-17(7)22(13-28-23)16(5)6)26-24(19)25-21(15(3)4)12-18(8)29-27(25)30-26;1-14(2)18-10-11-27-22(13-18)20-9-8-19(15(3)4)23-24-21(16(5)6)12-17(7)28-26(24)29-25(20)23;1-10-8-13(14-9-11(10)2)12-6-4-3-5-7-12;1-10-7-8-12(13-9-10)11-5-3-2-4-6-11;1-2-6-10(7-3-1)11-8-4-5-9-12-11;;;/h2*9,11-16H,1-8H3;8,10-16H,1-7H3;3-6,8-9H,1-2H3;2-5,7-9H,1H3;1-6,8-9H;;;/q6*-1;;;/i2*5D3,7D3,14D,15D,16D;1D3,14D,15D,16D;2D3;1D3;;;;. The van der Waals surface area contributed by atoms with Gasteiger partial charge in [-0.2, -0.15) is 0 Å². The molecule has 0 N–H and O–H groups in total. The molecule has 0 bridgehead atoms. The molecule has 18 aromatic rings. The maximum Gasteiger partial charge on any atom is 0.216 e. The molecule has 0 aliphatic heterocycles. The van der Waals surface area contributed by atoms with Crippen LogP contribution in [0.5, 0.6) is 0 Å². The molecule has 15 heteroatoms. The van der Waals surface area contributed by atoms with Crippen LogP contribution < -0.4 is 0 Å². The normalized spacial score (nSPS) is 17.1. The van der Waals surface area contributed by atoms with Crippen molar-refractivity contribution in [2.75, 3.05) is 0 Å². The van der Waals surface area contributed by atoms with Gasteiger partial charge in [-0.15, -0.1) is 161 Å². The van der Waals surface area contributed by atoms with Crippen molar-refractivity contribution in [3.8, 4) is 67.5 Å². The maximum absolute atomic E-state index is 8.79. The monoisotopic (exact) mass is 2300 g/mol. The van der Waals surface area contributed by atoms with Gasteiger partial charge < -0.3 is 43.2 Å². The Hall–Kier alpha value is -11.0. The number of pyridine rings is 9. The number of hydrogen-bond acceptors (Lipinski definition) is 12. The van der Waals surface area contributed by atoms with Gasteiger partial charge in [0.2, 0.25) is 17.1 Å². The topological polar surface area (TPSA) is 155 Å². The van der Waals surface area contributed by atoms with E-state index >= 15 is 0 Å². The van der Waals surface area contributed by atoms with Crippen LogP contribution in [0.3, 0.4) is 0 Å². The summed E-state index contributed by atoms with van der Waals surface area (Å²) in [4.78, 5) is 39.4. The van der Waals surface area contributed by atoms with Crippen molar-refractivity contribution in [1.82, 2.24) is 44.9 Å². The summed E-state index contributed by atoms with van der Waals surface area (Å²) in [5.74, 6) is -12.4. The molecule has 12 nitrogen and oxygen atoms in total. The van der Waals surface area contributed by atoms with Gasteiger partial charge in [0.15, 0.2) is 0 Å². The van der Waals surface area contributed by atoms with E-state index in [4.69, 9.17) is 54.4 Å². The molecule has 0 spiro atoms. The molecule has 0 saturated heterocycles. The van der Waals surface area contributed by atoms with Gasteiger partial charge >= 0.3 is 0 Å². The molecule has 0 aliphatic carbocycles. The van der Waals surface area contributed by atoms with Crippen LogP contribution in [-0.2, 0) is 60.3 Å². The molecule has 0 aliphatic rings. The van der Waals surface area contributed by atoms with Crippen molar-refractivity contribution in [2.45, 2.75) is 233 Å². The second kappa shape index (κ2) is 45.4. The number of rotatable bonds is 15. The summed E-state index contributed by atoms with van der Waals surface area (Å²) in [6.45, 7) is 14.2. The zero-order valence-corrected chi connectivity index (χ0v) is 83.6. The minimum absolute atomic E-state index is 0. The van der Waals surface area contributed by atoms with Crippen LogP contribution in [0.1, 0.15) is 314 Å². The van der Waals surface area contributed by atoms with Crippen LogP contribution in [0.4, 0.5) is 0 Å². The zero-order chi connectivity index (χ0) is 117. The molecule has 0 fully saturated rings. The molecule has 131 heavy (non-hydrogen) atoms. The zero-order valence-electron chi connectivity index (χ0n) is 106. The van der Waals surface area contributed by atoms with Crippen LogP contribution in [0.2, 0.25) is 0 Å². The van der Waals surface area contributed by atoms with E-state index in [1.807, 2.05) is 110 Å². The van der Waals surface area contributed by atoms with Gasteiger partial charge in [0.1, 0.15) is 0 Å². The van der Waals surface area contributed by atoms with E-state index in [0.717, 1.165) is 71.1 Å². The Balaban J connectivity index is 0.000000204. The fourth-order valence-corrected chi connectivity index (χ4v) is 14.8. The van der Waals surface area contributed by atoms with E-state index < -0.39 is 101 Å². The second-order valence-corrected chi connectivity index (χ2v) is 32.5. The molecule has 12 heterocycles. The van der Waals surface area contributed by atoms with Crippen LogP contribution in [0.25, 0.3) is 134 Å². The fourth-order valence-electron chi connectivity index (χ4n) is 14.8. The van der Waals surface area contributed by atoms with Gasteiger partial charge in [-0.1, -0.05) is 230 Å². The Labute approximate surface area is 859 Å². The molecule has 3 unspecified atom stereocenters. The SMILES string of the molecule is [2H]C(C)(C)c1cc(C)nc2oc3c(-c4cc(C([2H])(C)C([2H])([2H])[2H])ccn4)[c-]cc(C([2H])(C)C)c3c12.[2H]C([2H])([2H])c1cc(-c2[c-]cc(C([2H])(C)C)c3c2oc2nc(C)cc(C([2H])(C)C)c23)ncc1C([2H])(C)C([2H])([2H])[2H].[2H]C([2H])([2H])c1cc(-c2[c-]cc(C([2H])(C)C)c3c2oc2nc(C)cc(C([2H])(C)C)c23)ncc1C([2H])(C)C([2H])([2H])[2H].[2H]C([2H])([2H])c1ccc(-c2[c-]cccc2)nc1.[2H]C([2H])([2H])c1cnc(-c2[c-]cccc2)cc1C.[Ir].[Ir].[Ir].[c-]1ccccc1-c1ccccn1. The van der Waals surface area contributed by atoms with Gasteiger partial charge in [0, 0.05) is 172 Å². The van der Waals surface area contributed by atoms with Gasteiger partial charge in [-0.05, 0) is 210 Å². The smallest absolute Gasteiger partial charge is 0.216 e. The van der Waals surface area contributed by atoms with Crippen molar-refractivity contribution in [3.05, 3.63) is 338 Å². The maximum atomic E-state index is 8.79. The van der Waals surface area contributed by atoms with Crippen LogP contribution in [0.15, 0.2) is 220 Å². The molecule has 0 amide bonds. The minimum atomic E-state index is -2.79. The first kappa shape index (κ1) is 67.2. The van der Waals surface area contributed by atoms with Crippen molar-refractivity contribution in [3.63, 3.8) is 0 Å². The van der Waals surface area contributed by atoms with Gasteiger partial charge in [-0.25, -0.2) is 15.0 Å². The third-order valence-corrected chi connectivity index (χ3v) is 21.2. The van der Waals surface area contributed by atoms with Crippen molar-refractivity contribution >= 4 is 66.2 Å². The van der Waals surface area contributed by atoms with Crippen molar-refractivity contribution in [1.29, 1.82) is 0 Å². The average Bonchev–Trinajstić information content (AvgIpc) is 1.57. The Kier molecular flexibility index (Phi) is 23.3. The summed E-state index contributed by atoms with van der Waals surface area (Å²) in [5.41, 5.74) is 15.5. The van der Waals surface area contributed by atoms with Crippen LogP contribution >= 0.6 is 0 Å². The Morgan fingerprint density at radius 1 is 0.290 bits per heavy atom. The molecule has 12 aromatic heterocycles. The molecule has 6 aromatic carbocycles. The van der Waals surface area contributed by atoms with E-state index in [-0.39, 0.29) is 122 Å². The van der Waals surface area contributed by atoms with Gasteiger partial charge in [0.25, 0.3) is 0 Å². The predicted octanol–water partition coefficient (Wildman–Crippen LogP) is 31.7. The fraction of sp³-hybridized carbons (Fsp3) is 0.302. The summed E-state index contributed by atoms with van der Waals surface area (Å²) in [5, 5.41) is 3.67. The Morgan fingerprint density at radius 3 is 1.00 bits per heavy atom. The molecule has 3 atom stereocenters. The number of hydrogen-bond donors (Lipinski definition) is 0. The summed E-state index contributed by atoms with van der Waals surface area (Å²) in [7, 11) is 0. The molecular weight excluding hydrogens is 2140 g/mol. The molecular formula is C116H121Ir3N9O3-6. The largest absolute Gasteiger partial charge is 0.486 e. The summed E-state index contributed by atoms with van der Waals surface area (Å²) >= 11 is 0. The quantitative estimate of drug-likeness (QED) is 0.0897. The summed E-state index contributed by atoms with van der Waals surface area (Å²) in [6.07, 6.45) is 8.34. The third-order valence-electron chi connectivity index (χ3n) is 21.2. The number of benzene rings is 6. The summed E-state index contributed by atoms with van der Waals surface area (Å²) in [6, 6.07) is 68.5. The van der Waals surface area contributed by atoms with Crippen molar-refractivity contribution in [2.24, 2.45) is 0 Å². The first-order valence-corrected chi connectivity index (χ1v) is 41.7. The number of fused-ring (bicyclic) bond motifs is 9. The number of aromatic nitrogens is 9. The van der Waals surface area contributed by atoms with E-state index in [9.17, 15) is 0 Å². The summed E-state index contributed by atoms with van der Waals surface area (Å²) < 4.78 is 260. The first-order chi connectivity index (χ1) is 72.5. The van der Waals surface area contributed by atoms with Crippen LogP contribution in [-0.4, -0.2) is 44.9 Å².